The maximum Gasteiger partial charge on any atom is 0.270 e. The Kier molecular flexibility index (Phi) is 6.12. The summed E-state index contributed by atoms with van der Waals surface area (Å²) in [7, 11) is 4.11. The zero-order valence-electron chi connectivity index (χ0n) is 19.9. The van der Waals surface area contributed by atoms with Gasteiger partial charge in [0.05, 0.1) is 0 Å². The smallest absolute Gasteiger partial charge is 0.270 e. The van der Waals surface area contributed by atoms with Gasteiger partial charge < -0.3 is 20.9 Å². The molecule has 2 bridgehead atoms. The maximum atomic E-state index is 13.0. The van der Waals surface area contributed by atoms with Gasteiger partial charge in [-0.15, -0.1) is 0 Å². The van der Waals surface area contributed by atoms with Crippen LogP contribution in [0.5, 0.6) is 0 Å². The maximum absolute atomic E-state index is 13.0. The van der Waals surface area contributed by atoms with Gasteiger partial charge in [-0.05, 0) is 74.4 Å². The number of carbonyl (C=O) groups excluding carboxylic acids is 1. The van der Waals surface area contributed by atoms with Crippen LogP contribution in [0, 0.1) is 16.7 Å². The van der Waals surface area contributed by atoms with Crippen LogP contribution in [0.2, 0.25) is 0 Å². The Morgan fingerprint density at radius 3 is 2.66 bits per heavy atom. The lowest BCUT2D eigenvalue weighted by atomic mass is 9.71. The summed E-state index contributed by atoms with van der Waals surface area (Å²) >= 11 is 0. The monoisotopic (exact) mass is 436 g/mol. The van der Waals surface area contributed by atoms with Crippen molar-refractivity contribution < 1.29 is 4.79 Å². The molecule has 3 atom stereocenters. The van der Waals surface area contributed by atoms with Gasteiger partial charge in [0, 0.05) is 36.7 Å². The first-order chi connectivity index (χ1) is 15.2. The highest BCUT2D eigenvalue weighted by Crippen LogP contribution is 2.65. The minimum Gasteiger partial charge on any atom is -0.384 e. The van der Waals surface area contributed by atoms with Gasteiger partial charge in [-0.3, -0.25) is 4.79 Å². The zero-order chi connectivity index (χ0) is 22.9. The first kappa shape index (κ1) is 22.5. The predicted octanol–water partition coefficient (Wildman–Crippen LogP) is 4.14. The fourth-order valence-corrected chi connectivity index (χ4v) is 5.50. The van der Waals surface area contributed by atoms with E-state index in [1.54, 1.807) is 12.3 Å². The number of hydrogen-bond acceptors (Lipinski definition) is 6. The molecule has 172 valence electrons. The summed E-state index contributed by atoms with van der Waals surface area (Å²) in [5.74, 6) is 0.827. The van der Waals surface area contributed by atoms with E-state index in [1.165, 1.54) is 12.8 Å². The predicted molar refractivity (Wildman–Crippen MR) is 129 cm³/mol. The lowest BCUT2D eigenvalue weighted by molar-refractivity contribution is 0.0912. The van der Waals surface area contributed by atoms with E-state index in [0.717, 1.165) is 30.9 Å². The van der Waals surface area contributed by atoms with E-state index in [0.29, 0.717) is 23.0 Å². The van der Waals surface area contributed by atoms with Crippen LogP contribution in [0.1, 0.15) is 50.5 Å². The Labute approximate surface area is 191 Å². The van der Waals surface area contributed by atoms with Crippen LogP contribution in [0.3, 0.4) is 0 Å². The van der Waals surface area contributed by atoms with Crippen LogP contribution in [0.25, 0.3) is 0 Å². The fourth-order valence-electron chi connectivity index (χ4n) is 5.50. The van der Waals surface area contributed by atoms with Crippen molar-refractivity contribution in [1.29, 1.82) is 0 Å². The van der Waals surface area contributed by atoms with Gasteiger partial charge in [-0.2, -0.15) is 0 Å². The van der Waals surface area contributed by atoms with Crippen molar-refractivity contribution in [3.8, 4) is 0 Å². The molecule has 4 rings (SSSR count). The van der Waals surface area contributed by atoms with Crippen LogP contribution in [0.4, 0.5) is 17.3 Å². The van der Waals surface area contributed by atoms with Gasteiger partial charge >= 0.3 is 0 Å². The van der Waals surface area contributed by atoms with E-state index in [4.69, 9.17) is 0 Å². The van der Waals surface area contributed by atoms with E-state index >= 15 is 0 Å². The summed E-state index contributed by atoms with van der Waals surface area (Å²) in [4.78, 5) is 23.9. The van der Waals surface area contributed by atoms with Crippen LogP contribution < -0.4 is 16.0 Å². The number of anilines is 3. The average Bonchev–Trinajstić information content (AvgIpc) is 3.07. The lowest BCUT2D eigenvalue weighted by Gasteiger charge is -2.33. The summed E-state index contributed by atoms with van der Waals surface area (Å²) in [6.07, 6.45) is 5.11. The number of benzene rings is 1. The molecule has 32 heavy (non-hydrogen) atoms. The van der Waals surface area contributed by atoms with Crippen molar-refractivity contribution >= 4 is 23.2 Å². The van der Waals surface area contributed by atoms with Crippen molar-refractivity contribution in [1.82, 2.24) is 20.2 Å². The number of amides is 1. The highest BCUT2D eigenvalue weighted by molar-refractivity contribution is 5.92. The molecular formula is C25H36N6O. The summed E-state index contributed by atoms with van der Waals surface area (Å²) in [5, 5.41) is 9.90. The van der Waals surface area contributed by atoms with Gasteiger partial charge in [0.25, 0.3) is 5.91 Å². The molecule has 0 aliphatic heterocycles. The third kappa shape index (κ3) is 4.44. The van der Waals surface area contributed by atoms with Crippen LogP contribution in [0.15, 0.2) is 36.5 Å². The van der Waals surface area contributed by atoms with E-state index < -0.39 is 0 Å². The number of rotatable bonds is 8. The van der Waals surface area contributed by atoms with Gasteiger partial charge in [0.2, 0.25) is 5.95 Å². The first-order valence-corrected chi connectivity index (χ1v) is 11.6. The number of hydrogen-bond donors (Lipinski definition) is 3. The lowest BCUT2D eigenvalue weighted by Crippen LogP contribution is -2.40. The minimum atomic E-state index is -0.119. The fraction of sp³-hybridized carbons (Fsp3) is 0.560. The SMILES string of the molecule is CN(C)CCNc1cccc(Nc2nccc(C(=O)NC3CC4(C)CCC3C4(C)C)n2)c1. The van der Waals surface area contributed by atoms with E-state index in [1.807, 2.05) is 24.3 Å². The van der Waals surface area contributed by atoms with Crippen molar-refractivity contribution in [2.24, 2.45) is 16.7 Å². The molecule has 3 unspecified atom stereocenters. The molecule has 2 aliphatic carbocycles. The van der Waals surface area contributed by atoms with Crippen LogP contribution in [-0.2, 0) is 0 Å². The number of nitrogens with one attached hydrogen (secondary N) is 3. The summed E-state index contributed by atoms with van der Waals surface area (Å²) in [6, 6.07) is 9.89. The van der Waals surface area contributed by atoms with Crippen molar-refractivity contribution in [3.05, 3.63) is 42.2 Å². The first-order valence-electron chi connectivity index (χ1n) is 11.6. The van der Waals surface area contributed by atoms with Crippen molar-refractivity contribution in [2.45, 2.75) is 46.1 Å². The average molecular weight is 437 g/mol. The molecule has 2 aliphatic rings. The molecule has 2 fully saturated rings. The summed E-state index contributed by atoms with van der Waals surface area (Å²) in [6.45, 7) is 8.89. The summed E-state index contributed by atoms with van der Waals surface area (Å²) in [5.41, 5.74) is 2.86. The van der Waals surface area contributed by atoms with Gasteiger partial charge in [-0.1, -0.05) is 26.8 Å². The molecule has 3 N–H and O–H groups in total. The number of nitrogens with zero attached hydrogens (tertiary/aromatic N) is 3. The molecule has 7 nitrogen and oxygen atoms in total. The highest BCUT2D eigenvalue weighted by Gasteiger charge is 2.60. The van der Waals surface area contributed by atoms with Crippen molar-refractivity contribution in [2.75, 3.05) is 37.8 Å². The third-order valence-electron chi connectivity index (χ3n) is 7.86. The molecule has 1 amide bonds. The van der Waals surface area contributed by atoms with Crippen LogP contribution in [-0.4, -0.2) is 54.0 Å². The van der Waals surface area contributed by atoms with Crippen molar-refractivity contribution in [3.63, 3.8) is 0 Å². The van der Waals surface area contributed by atoms with Gasteiger partial charge in [0.1, 0.15) is 5.69 Å². The molecule has 1 aromatic heterocycles. The molecular weight excluding hydrogens is 400 g/mol. The third-order valence-corrected chi connectivity index (χ3v) is 7.86. The topological polar surface area (TPSA) is 82.2 Å². The second-order valence-electron chi connectivity index (χ2n) is 10.4. The second kappa shape index (κ2) is 8.70. The number of likely N-dealkylation sites (N-methyl/N-ethyl adjacent to an activating group) is 1. The largest absolute Gasteiger partial charge is 0.384 e. The molecule has 0 radical (unpaired) electrons. The van der Waals surface area contributed by atoms with Gasteiger partial charge in [0.15, 0.2) is 0 Å². The van der Waals surface area contributed by atoms with Gasteiger partial charge in [-0.25, -0.2) is 9.97 Å². The molecule has 7 heteroatoms. The zero-order valence-corrected chi connectivity index (χ0v) is 19.9. The Morgan fingerprint density at radius 1 is 1.19 bits per heavy atom. The number of fused-ring (bicyclic) bond motifs is 2. The Morgan fingerprint density at radius 2 is 1.97 bits per heavy atom. The van der Waals surface area contributed by atoms with Crippen LogP contribution >= 0.6 is 0 Å². The standard InChI is InChI=1S/C25H36N6O/c1-24(2)19-9-11-25(24,3)16-21(19)29-22(32)20-10-12-27-23(30-20)28-18-8-6-7-17(15-18)26-13-14-31(4)5/h6-8,10,12,15,19,21,26H,9,11,13-14,16H2,1-5H3,(H,29,32)(H,27,28,30). The minimum absolute atomic E-state index is 0.119. The molecule has 2 aromatic rings. The molecule has 0 spiro atoms. The Bertz CT molecular complexity index is 972. The normalized spacial score (nSPS) is 25.7. The number of aromatic nitrogens is 2. The Hall–Kier alpha value is -2.67. The number of carbonyl (C=O) groups is 1. The van der Waals surface area contributed by atoms with E-state index in [9.17, 15) is 4.79 Å². The molecule has 1 aromatic carbocycles. The molecule has 1 heterocycles. The molecule has 2 saturated carbocycles. The second-order valence-corrected chi connectivity index (χ2v) is 10.4. The molecule has 0 saturated heterocycles. The van der Waals surface area contributed by atoms with E-state index in [-0.39, 0.29) is 17.4 Å². The summed E-state index contributed by atoms with van der Waals surface area (Å²) < 4.78 is 0. The highest BCUT2D eigenvalue weighted by atomic mass is 16.2. The van der Waals surface area contributed by atoms with E-state index in [2.05, 4.69) is 65.7 Å². The Balaban J connectivity index is 1.39. The quantitative estimate of drug-likeness (QED) is 0.577.